The van der Waals surface area contributed by atoms with Gasteiger partial charge in [0.1, 0.15) is 0 Å². The van der Waals surface area contributed by atoms with Crippen molar-refractivity contribution < 1.29 is 33.0 Å². The van der Waals surface area contributed by atoms with Crippen molar-refractivity contribution in [2.75, 3.05) is 6.61 Å². The Morgan fingerprint density at radius 3 is 2.79 bits per heavy atom. The van der Waals surface area contributed by atoms with Gasteiger partial charge in [0.2, 0.25) is 12.1 Å². The summed E-state index contributed by atoms with van der Waals surface area (Å²) in [4.78, 5) is 37.3. The van der Waals surface area contributed by atoms with Crippen LogP contribution in [0.15, 0.2) is 34.5 Å². The number of rotatable bonds is 4. The summed E-state index contributed by atoms with van der Waals surface area (Å²) in [5.74, 6) is 1.86. The molecule has 1 saturated heterocycles. The Morgan fingerprint density at radius 1 is 1.18 bits per heavy atom. The monoisotopic (exact) mass is 468 g/mol. The van der Waals surface area contributed by atoms with E-state index in [2.05, 4.69) is 6.92 Å². The highest BCUT2D eigenvalue weighted by Gasteiger charge is 2.74. The summed E-state index contributed by atoms with van der Waals surface area (Å²) in [5, 5.41) is 0. The minimum Gasteiger partial charge on any atom is -0.464 e. The van der Waals surface area contributed by atoms with Crippen molar-refractivity contribution in [3.63, 3.8) is 0 Å². The van der Waals surface area contributed by atoms with Crippen molar-refractivity contribution in [3.8, 4) is 0 Å². The Kier molecular flexibility index (Phi) is 5.16. The first-order valence-electron chi connectivity index (χ1n) is 12.6. The first-order chi connectivity index (χ1) is 16.3. The maximum Gasteiger partial charge on any atom is 0.303 e. The van der Waals surface area contributed by atoms with Gasteiger partial charge in [0, 0.05) is 18.8 Å². The maximum atomic E-state index is 13.8. The Balaban J connectivity index is 1.34. The molecule has 7 nitrogen and oxygen atoms in total. The van der Waals surface area contributed by atoms with Crippen LogP contribution < -0.4 is 0 Å². The molecule has 0 amide bonds. The van der Waals surface area contributed by atoms with Crippen molar-refractivity contribution in [3.05, 3.63) is 35.8 Å². The summed E-state index contributed by atoms with van der Waals surface area (Å²) in [6.07, 6.45) is 8.48. The van der Waals surface area contributed by atoms with E-state index >= 15 is 0 Å². The first-order valence-corrected chi connectivity index (χ1v) is 12.6. The molecule has 6 rings (SSSR count). The number of hydrogen-bond acceptors (Lipinski definition) is 7. The van der Waals surface area contributed by atoms with Crippen LogP contribution in [0.4, 0.5) is 0 Å². The van der Waals surface area contributed by atoms with E-state index < -0.39 is 29.4 Å². The summed E-state index contributed by atoms with van der Waals surface area (Å²) in [7, 11) is 0. The molecule has 1 aromatic heterocycles. The summed E-state index contributed by atoms with van der Waals surface area (Å²) < 4.78 is 23.7. The second-order valence-corrected chi connectivity index (χ2v) is 11.0. The van der Waals surface area contributed by atoms with Crippen LogP contribution in [0.1, 0.15) is 70.8 Å². The van der Waals surface area contributed by atoms with E-state index in [1.54, 1.807) is 18.4 Å². The lowest BCUT2D eigenvalue weighted by Gasteiger charge is -2.55. The molecule has 0 N–H and O–H groups in total. The van der Waals surface area contributed by atoms with Gasteiger partial charge in [-0.1, -0.05) is 12.5 Å². The molecule has 0 aromatic carbocycles. The van der Waals surface area contributed by atoms with Gasteiger partial charge in [0.15, 0.2) is 23.8 Å². The zero-order chi connectivity index (χ0) is 23.7. The average molecular weight is 469 g/mol. The zero-order valence-electron chi connectivity index (χ0n) is 19.8. The highest BCUT2D eigenvalue weighted by atomic mass is 16.8. The Labute approximate surface area is 199 Å². The van der Waals surface area contributed by atoms with Crippen LogP contribution in [-0.4, -0.2) is 35.8 Å². The topological polar surface area (TPSA) is 92.0 Å². The molecule has 34 heavy (non-hydrogen) atoms. The van der Waals surface area contributed by atoms with Gasteiger partial charge in [-0.05, 0) is 80.4 Å². The van der Waals surface area contributed by atoms with Crippen molar-refractivity contribution in [2.45, 2.75) is 76.8 Å². The molecule has 5 aliphatic rings. The maximum absolute atomic E-state index is 13.8. The van der Waals surface area contributed by atoms with Gasteiger partial charge >= 0.3 is 5.97 Å². The van der Waals surface area contributed by atoms with Gasteiger partial charge in [-0.2, -0.15) is 0 Å². The third-order valence-corrected chi connectivity index (χ3v) is 9.64. The number of esters is 1. The lowest BCUT2D eigenvalue weighted by atomic mass is 9.50. The molecule has 4 fully saturated rings. The van der Waals surface area contributed by atoms with E-state index in [4.69, 9.17) is 18.6 Å². The van der Waals surface area contributed by atoms with Crippen LogP contribution >= 0.6 is 0 Å². The number of ketones is 2. The number of furan rings is 1. The van der Waals surface area contributed by atoms with E-state index in [0.29, 0.717) is 29.9 Å². The molecule has 182 valence electrons. The van der Waals surface area contributed by atoms with Crippen molar-refractivity contribution >= 4 is 17.5 Å². The lowest BCUT2D eigenvalue weighted by Crippen LogP contribution is -2.60. The first kappa shape index (κ1) is 22.2. The quantitative estimate of drug-likeness (QED) is 0.608. The second-order valence-electron chi connectivity index (χ2n) is 11.0. The van der Waals surface area contributed by atoms with Crippen LogP contribution in [0, 0.1) is 29.1 Å². The van der Waals surface area contributed by atoms with Gasteiger partial charge in [-0.3, -0.25) is 14.4 Å². The molecule has 2 heterocycles. The Morgan fingerprint density at radius 2 is 2.03 bits per heavy atom. The van der Waals surface area contributed by atoms with E-state index in [1.165, 1.54) is 12.5 Å². The fourth-order valence-electron chi connectivity index (χ4n) is 8.26. The van der Waals surface area contributed by atoms with Crippen LogP contribution in [0.25, 0.3) is 0 Å². The predicted octanol–water partition coefficient (Wildman–Crippen LogP) is 4.32. The molecule has 7 heteroatoms. The van der Waals surface area contributed by atoms with E-state index in [1.807, 2.05) is 6.08 Å². The predicted molar refractivity (Wildman–Crippen MR) is 119 cm³/mol. The van der Waals surface area contributed by atoms with E-state index in [-0.39, 0.29) is 24.1 Å². The SMILES string of the molecule is CC(=O)OCC(=O)[C@@]12O[C@@H](c3ccco3)O[C@@H]1C[C@H]1[C@@H]3CCC4=CC(=O)CC[C@@H]4[C@H]3CC[C@@]12C. The molecular formula is C27H32O7. The third kappa shape index (κ3) is 3.05. The molecular weight excluding hydrogens is 436 g/mol. The molecule has 1 aliphatic heterocycles. The molecule has 0 spiro atoms. The number of ether oxygens (including phenoxy) is 3. The number of fused-ring (bicyclic) bond motifs is 7. The van der Waals surface area contributed by atoms with Crippen molar-refractivity contribution in [1.29, 1.82) is 0 Å². The van der Waals surface area contributed by atoms with Gasteiger partial charge in [0.05, 0.1) is 12.4 Å². The second kappa shape index (κ2) is 7.89. The largest absolute Gasteiger partial charge is 0.464 e. The van der Waals surface area contributed by atoms with Crippen molar-refractivity contribution in [1.82, 2.24) is 0 Å². The fraction of sp³-hybridized carbons (Fsp3) is 0.667. The minimum atomic E-state index is -1.17. The van der Waals surface area contributed by atoms with Crippen molar-refractivity contribution in [2.24, 2.45) is 29.1 Å². The molecule has 4 aliphatic carbocycles. The lowest BCUT2D eigenvalue weighted by molar-refractivity contribution is -0.190. The van der Waals surface area contributed by atoms with Gasteiger partial charge < -0.3 is 18.6 Å². The fourth-order valence-corrected chi connectivity index (χ4v) is 8.26. The highest BCUT2D eigenvalue weighted by Crippen LogP contribution is 2.69. The number of carbonyl (C=O) groups excluding carboxylic acids is 3. The highest BCUT2D eigenvalue weighted by molar-refractivity contribution is 5.92. The van der Waals surface area contributed by atoms with Crippen LogP contribution in [0.5, 0.6) is 0 Å². The van der Waals surface area contributed by atoms with Crippen LogP contribution in [0.2, 0.25) is 0 Å². The summed E-state index contributed by atoms with van der Waals surface area (Å²) in [6, 6.07) is 3.58. The molecule has 0 unspecified atom stereocenters. The number of carbonyl (C=O) groups is 3. The minimum absolute atomic E-state index is 0.218. The molecule has 1 aromatic rings. The van der Waals surface area contributed by atoms with Gasteiger partial charge in [-0.25, -0.2) is 0 Å². The Bertz CT molecular complexity index is 1040. The van der Waals surface area contributed by atoms with Crippen LogP contribution in [-0.2, 0) is 28.6 Å². The number of hydrogen-bond donors (Lipinski definition) is 0. The molecule has 0 radical (unpaired) electrons. The average Bonchev–Trinajstić information content (AvgIpc) is 3.51. The Hall–Kier alpha value is -2.25. The molecule has 8 atom stereocenters. The molecule has 0 bridgehead atoms. The summed E-state index contributed by atoms with van der Waals surface area (Å²) >= 11 is 0. The van der Waals surface area contributed by atoms with Crippen LogP contribution in [0.3, 0.4) is 0 Å². The van der Waals surface area contributed by atoms with Gasteiger partial charge in [0.25, 0.3) is 0 Å². The summed E-state index contributed by atoms with van der Waals surface area (Å²) in [6.45, 7) is 3.18. The standard InChI is InChI=1S/C27H32O7/c1-15(28)32-14-23(30)27-24(33-25(34-27)22-4-3-11-31-22)13-21-20-7-5-16-12-17(29)6-8-18(16)19(20)9-10-26(21,27)2/h3-4,11-12,18-21,24-25H,5-10,13-14H2,1-2H3/t18-,19+,20+,21-,24+,25-,26-,27+/m0/s1. The third-order valence-electron chi connectivity index (χ3n) is 9.64. The smallest absolute Gasteiger partial charge is 0.303 e. The van der Waals surface area contributed by atoms with Gasteiger partial charge in [-0.15, -0.1) is 0 Å². The summed E-state index contributed by atoms with van der Waals surface area (Å²) in [5.41, 5.74) is -0.262. The zero-order valence-corrected chi connectivity index (χ0v) is 19.8. The number of allylic oxidation sites excluding steroid dienone is 1. The van der Waals surface area contributed by atoms with E-state index in [9.17, 15) is 14.4 Å². The van der Waals surface area contributed by atoms with E-state index in [0.717, 1.165) is 38.5 Å². The number of Topliss-reactive ketones (excluding diaryl/α,β-unsaturated/α-hetero) is 1. The molecule has 3 saturated carbocycles. The normalized spacial score (nSPS) is 42.8.